The molecule has 0 aromatic carbocycles. The minimum Gasteiger partial charge on any atom is -0.381 e. The molecule has 2 saturated heterocycles. The Morgan fingerprint density at radius 3 is 2.91 bits per heavy atom. The van der Waals surface area contributed by atoms with Crippen LogP contribution in [0.1, 0.15) is 18.5 Å². The number of morpholine rings is 1. The zero-order valence-electron chi connectivity index (χ0n) is 12.8. The second kappa shape index (κ2) is 7.05. The second-order valence-electron chi connectivity index (χ2n) is 5.84. The minimum atomic E-state index is -0.0232. The van der Waals surface area contributed by atoms with Crippen molar-refractivity contribution in [1.29, 1.82) is 5.26 Å². The number of aromatic nitrogens is 1. The predicted molar refractivity (Wildman–Crippen MR) is 82.6 cm³/mol. The fourth-order valence-electron chi connectivity index (χ4n) is 3.27. The van der Waals surface area contributed by atoms with E-state index >= 15 is 0 Å². The molecule has 6 nitrogen and oxygen atoms in total. The van der Waals surface area contributed by atoms with E-state index in [4.69, 9.17) is 14.7 Å². The standard InChI is InChI=1S/C16H22N4O2/c17-11-15-14(3-1-5-18-15)19-12-16(4-2-8-22-13-16)20-6-9-21-10-7-20/h1,3,5,19H,2,4,6-10,12-13H2. The van der Waals surface area contributed by atoms with Gasteiger partial charge in [0.2, 0.25) is 0 Å². The van der Waals surface area contributed by atoms with Gasteiger partial charge in [-0.3, -0.25) is 4.90 Å². The van der Waals surface area contributed by atoms with Gasteiger partial charge >= 0.3 is 0 Å². The van der Waals surface area contributed by atoms with Crippen LogP contribution in [-0.4, -0.2) is 61.5 Å². The summed E-state index contributed by atoms with van der Waals surface area (Å²) in [7, 11) is 0. The molecule has 0 saturated carbocycles. The van der Waals surface area contributed by atoms with Crippen LogP contribution in [0.3, 0.4) is 0 Å². The second-order valence-corrected chi connectivity index (χ2v) is 5.84. The molecule has 0 amide bonds. The van der Waals surface area contributed by atoms with E-state index in [1.54, 1.807) is 6.20 Å². The molecule has 1 N–H and O–H groups in total. The Morgan fingerprint density at radius 1 is 1.32 bits per heavy atom. The molecule has 0 aliphatic carbocycles. The largest absolute Gasteiger partial charge is 0.381 e. The molecule has 1 unspecified atom stereocenters. The fraction of sp³-hybridized carbons (Fsp3) is 0.625. The van der Waals surface area contributed by atoms with Crippen molar-refractivity contribution in [1.82, 2.24) is 9.88 Å². The van der Waals surface area contributed by atoms with Crippen LogP contribution in [0.2, 0.25) is 0 Å². The van der Waals surface area contributed by atoms with E-state index < -0.39 is 0 Å². The predicted octanol–water partition coefficient (Wildman–Crippen LogP) is 1.25. The number of ether oxygens (including phenoxy) is 2. The van der Waals surface area contributed by atoms with E-state index in [0.29, 0.717) is 5.69 Å². The first-order valence-electron chi connectivity index (χ1n) is 7.84. The quantitative estimate of drug-likeness (QED) is 0.902. The monoisotopic (exact) mass is 302 g/mol. The highest BCUT2D eigenvalue weighted by molar-refractivity contribution is 5.53. The van der Waals surface area contributed by atoms with Crippen molar-refractivity contribution < 1.29 is 9.47 Å². The van der Waals surface area contributed by atoms with E-state index in [2.05, 4.69) is 21.3 Å². The number of pyridine rings is 1. The lowest BCUT2D eigenvalue weighted by atomic mass is 9.89. The summed E-state index contributed by atoms with van der Waals surface area (Å²) in [5.74, 6) is 0. The van der Waals surface area contributed by atoms with Crippen molar-refractivity contribution in [3.05, 3.63) is 24.0 Å². The van der Waals surface area contributed by atoms with Crippen molar-refractivity contribution in [2.45, 2.75) is 18.4 Å². The Bertz CT molecular complexity index is 531. The molecule has 0 bridgehead atoms. The molecule has 22 heavy (non-hydrogen) atoms. The van der Waals surface area contributed by atoms with Gasteiger partial charge in [-0.15, -0.1) is 0 Å². The van der Waals surface area contributed by atoms with Gasteiger partial charge < -0.3 is 14.8 Å². The van der Waals surface area contributed by atoms with E-state index in [1.807, 2.05) is 12.1 Å². The molecular weight excluding hydrogens is 280 g/mol. The first kappa shape index (κ1) is 15.2. The third-order valence-electron chi connectivity index (χ3n) is 4.50. The van der Waals surface area contributed by atoms with Crippen LogP contribution in [0.5, 0.6) is 0 Å². The third kappa shape index (κ3) is 3.22. The van der Waals surface area contributed by atoms with Gasteiger partial charge in [-0.1, -0.05) is 0 Å². The summed E-state index contributed by atoms with van der Waals surface area (Å²) in [6.45, 7) is 5.74. The third-order valence-corrected chi connectivity index (χ3v) is 4.50. The van der Waals surface area contributed by atoms with Gasteiger partial charge in [-0.05, 0) is 25.0 Å². The molecule has 1 aromatic rings. The van der Waals surface area contributed by atoms with Gasteiger partial charge in [0, 0.05) is 32.4 Å². The highest BCUT2D eigenvalue weighted by Gasteiger charge is 2.39. The number of hydrogen-bond acceptors (Lipinski definition) is 6. The van der Waals surface area contributed by atoms with Crippen LogP contribution in [0, 0.1) is 11.3 Å². The number of nitrogens with zero attached hydrogens (tertiary/aromatic N) is 3. The average Bonchev–Trinajstić information content (AvgIpc) is 2.62. The van der Waals surface area contributed by atoms with Crippen molar-refractivity contribution in [3.63, 3.8) is 0 Å². The lowest BCUT2D eigenvalue weighted by molar-refractivity contribution is -0.0800. The van der Waals surface area contributed by atoms with Crippen LogP contribution in [0.15, 0.2) is 18.3 Å². The summed E-state index contributed by atoms with van der Waals surface area (Å²) in [6.07, 6.45) is 3.81. The van der Waals surface area contributed by atoms with Gasteiger partial charge in [-0.25, -0.2) is 4.98 Å². The smallest absolute Gasteiger partial charge is 0.163 e. The lowest BCUT2D eigenvalue weighted by Crippen LogP contribution is -2.61. The highest BCUT2D eigenvalue weighted by atomic mass is 16.5. The number of anilines is 1. The Balaban J connectivity index is 1.74. The molecule has 2 aliphatic heterocycles. The lowest BCUT2D eigenvalue weighted by Gasteiger charge is -2.47. The Hall–Kier alpha value is -1.68. The van der Waals surface area contributed by atoms with Crippen LogP contribution in [0.4, 0.5) is 5.69 Å². The average molecular weight is 302 g/mol. The molecule has 0 spiro atoms. The zero-order chi connectivity index (χ0) is 15.3. The van der Waals surface area contributed by atoms with Crippen LogP contribution in [-0.2, 0) is 9.47 Å². The van der Waals surface area contributed by atoms with E-state index in [0.717, 1.165) is 64.6 Å². The maximum atomic E-state index is 9.16. The molecule has 1 aromatic heterocycles. The molecule has 3 rings (SSSR count). The number of rotatable bonds is 4. The number of nitrogens with one attached hydrogen (secondary N) is 1. The topological polar surface area (TPSA) is 70.4 Å². The number of nitriles is 1. The SMILES string of the molecule is N#Cc1ncccc1NCC1(N2CCOCC2)CCCOC1. The molecule has 2 fully saturated rings. The van der Waals surface area contributed by atoms with Crippen LogP contribution >= 0.6 is 0 Å². The Morgan fingerprint density at radius 2 is 2.18 bits per heavy atom. The van der Waals surface area contributed by atoms with Gasteiger partial charge in [-0.2, -0.15) is 5.26 Å². The summed E-state index contributed by atoms with van der Waals surface area (Å²) in [6, 6.07) is 5.89. The first-order valence-corrected chi connectivity index (χ1v) is 7.84. The Labute approximate surface area is 131 Å². The van der Waals surface area contributed by atoms with Crippen molar-refractivity contribution in [3.8, 4) is 6.07 Å². The summed E-state index contributed by atoms with van der Waals surface area (Å²) < 4.78 is 11.3. The first-order chi connectivity index (χ1) is 10.8. The maximum absolute atomic E-state index is 9.16. The minimum absolute atomic E-state index is 0.0232. The molecule has 118 valence electrons. The van der Waals surface area contributed by atoms with Crippen LogP contribution in [0.25, 0.3) is 0 Å². The normalized spacial score (nSPS) is 26.3. The molecule has 6 heteroatoms. The maximum Gasteiger partial charge on any atom is 0.163 e. The zero-order valence-corrected chi connectivity index (χ0v) is 12.8. The van der Waals surface area contributed by atoms with E-state index in [9.17, 15) is 0 Å². The van der Waals surface area contributed by atoms with Gasteiger partial charge in [0.25, 0.3) is 0 Å². The summed E-state index contributed by atoms with van der Waals surface area (Å²) in [4.78, 5) is 6.58. The molecule has 0 radical (unpaired) electrons. The van der Waals surface area contributed by atoms with Gasteiger partial charge in [0.15, 0.2) is 5.69 Å². The molecule has 3 heterocycles. The highest BCUT2D eigenvalue weighted by Crippen LogP contribution is 2.28. The van der Waals surface area contributed by atoms with Crippen LogP contribution < -0.4 is 5.32 Å². The summed E-state index contributed by atoms with van der Waals surface area (Å²) in [5.41, 5.74) is 1.21. The summed E-state index contributed by atoms with van der Waals surface area (Å²) >= 11 is 0. The Kier molecular flexibility index (Phi) is 4.88. The molecule has 2 aliphatic rings. The van der Waals surface area contributed by atoms with E-state index in [-0.39, 0.29) is 5.54 Å². The van der Waals surface area contributed by atoms with Gasteiger partial charge in [0.05, 0.1) is 31.0 Å². The van der Waals surface area contributed by atoms with Crippen molar-refractivity contribution >= 4 is 5.69 Å². The van der Waals surface area contributed by atoms with E-state index in [1.165, 1.54) is 0 Å². The molecule has 1 atom stereocenters. The van der Waals surface area contributed by atoms with Crippen molar-refractivity contribution in [2.75, 3.05) is 51.4 Å². The molecular formula is C16H22N4O2. The summed E-state index contributed by atoms with van der Waals surface area (Å²) in [5, 5.41) is 12.6. The van der Waals surface area contributed by atoms with Crippen molar-refractivity contribution in [2.24, 2.45) is 0 Å². The van der Waals surface area contributed by atoms with Gasteiger partial charge in [0.1, 0.15) is 6.07 Å². The number of hydrogen-bond donors (Lipinski definition) is 1. The fourth-order valence-corrected chi connectivity index (χ4v) is 3.27.